The minimum atomic E-state index is -3.77. The summed E-state index contributed by atoms with van der Waals surface area (Å²) in [5.41, 5.74) is 6.01. The lowest BCUT2D eigenvalue weighted by molar-refractivity contribution is 0.566. The summed E-state index contributed by atoms with van der Waals surface area (Å²) < 4.78 is 41.0. The van der Waals surface area contributed by atoms with E-state index < -0.39 is 21.9 Å². The quantitative estimate of drug-likeness (QED) is 0.809. The average molecular weight is 373 g/mol. The van der Waals surface area contributed by atoms with E-state index >= 15 is 0 Å². The Balaban J connectivity index is 2.26. The molecule has 1 unspecified atom stereocenters. The highest BCUT2D eigenvalue weighted by Crippen LogP contribution is 2.22. The molecule has 0 spiro atoms. The molecule has 0 aliphatic heterocycles. The van der Waals surface area contributed by atoms with E-state index in [1.165, 1.54) is 6.07 Å². The number of nitrogen functional groups attached to an aromatic ring is 1. The van der Waals surface area contributed by atoms with E-state index in [1.807, 2.05) is 24.3 Å². The Morgan fingerprint density at radius 3 is 2.57 bits per heavy atom. The van der Waals surface area contributed by atoms with Crippen LogP contribution in [-0.4, -0.2) is 8.42 Å². The third-order valence-corrected chi connectivity index (χ3v) is 4.99. The van der Waals surface area contributed by atoms with E-state index in [4.69, 9.17) is 5.73 Å². The van der Waals surface area contributed by atoms with Gasteiger partial charge in [0.25, 0.3) is 0 Å². The lowest BCUT2D eigenvalue weighted by Crippen LogP contribution is -2.27. The van der Waals surface area contributed by atoms with Crippen molar-refractivity contribution in [1.82, 2.24) is 4.72 Å². The Bertz CT molecular complexity index is 765. The van der Waals surface area contributed by atoms with Crippen molar-refractivity contribution < 1.29 is 12.8 Å². The van der Waals surface area contributed by atoms with Gasteiger partial charge in [0, 0.05) is 10.5 Å². The summed E-state index contributed by atoms with van der Waals surface area (Å²) in [6.45, 7) is 1.73. The third kappa shape index (κ3) is 3.81. The first-order valence-electron chi connectivity index (χ1n) is 6.12. The predicted octanol–water partition coefficient (Wildman–Crippen LogP) is 3.21. The van der Waals surface area contributed by atoms with E-state index in [9.17, 15) is 12.8 Å². The molecule has 0 heterocycles. The molecular formula is C14H14BrFN2O2S. The summed E-state index contributed by atoms with van der Waals surface area (Å²) >= 11 is 3.34. The second-order valence-corrected chi connectivity index (χ2v) is 7.21. The number of halogens is 2. The van der Waals surface area contributed by atoms with Crippen molar-refractivity contribution in [1.29, 1.82) is 0 Å². The third-order valence-electron chi connectivity index (χ3n) is 2.96. The highest BCUT2D eigenvalue weighted by atomic mass is 79.9. The summed E-state index contributed by atoms with van der Waals surface area (Å²) in [7, 11) is -3.77. The maximum atomic E-state index is 13.1. The first kappa shape index (κ1) is 15.9. The van der Waals surface area contributed by atoms with Crippen LogP contribution in [0, 0.1) is 5.82 Å². The van der Waals surface area contributed by atoms with Gasteiger partial charge in [-0.25, -0.2) is 17.5 Å². The van der Waals surface area contributed by atoms with Crippen LogP contribution < -0.4 is 10.5 Å². The number of nitrogens with one attached hydrogen (secondary N) is 1. The van der Waals surface area contributed by atoms with Crippen molar-refractivity contribution in [2.45, 2.75) is 17.9 Å². The van der Waals surface area contributed by atoms with Crippen molar-refractivity contribution >= 4 is 31.6 Å². The van der Waals surface area contributed by atoms with Crippen LogP contribution in [-0.2, 0) is 10.0 Å². The molecule has 0 fully saturated rings. The molecule has 0 aliphatic rings. The molecule has 0 bridgehead atoms. The molecule has 0 aromatic heterocycles. The molecule has 4 nitrogen and oxygen atoms in total. The molecule has 1 atom stereocenters. The van der Waals surface area contributed by atoms with Gasteiger partial charge < -0.3 is 5.73 Å². The van der Waals surface area contributed by atoms with Crippen LogP contribution in [0.1, 0.15) is 18.5 Å². The van der Waals surface area contributed by atoms with E-state index in [-0.39, 0.29) is 10.6 Å². The topological polar surface area (TPSA) is 72.2 Å². The number of anilines is 1. The van der Waals surface area contributed by atoms with Crippen molar-refractivity contribution in [3.05, 3.63) is 58.3 Å². The second kappa shape index (κ2) is 6.13. The van der Waals surface area contributed by atoms with Crippen LogP contribution in [0.2, 0.25) is 0 Å². The average Bonchev–Trinajstić information content (AvgIpc) is 2.41. The van der Waals surface area contributed by atoms with Crippen molar-refractivity contribution in [3.8, 4) is 0 Å². The van der Waals surface area contributed by atoms with Crippen LogP contribution in [0.4, 0.5) is 10.1 Å². The number of benzene rings is 2. The second-order valence-electron chi connectivity index (χ2n) is 4.58. The lowest BCUT2D eigenvalue weighted by Gasteiger charge is -2.15. The Kier molecular flexibility index (Phi) is 4.65. The summed E-state index contributed by atoms with van der Waals surface area (Å²) in [5.74, 6) is -0.644. The van der Waals surface area contributed by atoms with Gasteiger partial charge in [-0.15, -0.1) is 0 Å². The van der Waals surface area contributed by atoms with Crippen molar-refractivity contribution in [2.75, 3.05) is 5.73 Å². The van der Waals surface area contributed by atoms with Crippen LogP contribution in [0.5, 0.6) is 0 Å². The van der Waals surface area contributed by atoms with Crippen LogP contribution >= 0.6 is 15.9 Å². The molecule has 2 aromatic rings. The Hall–Kier alpha value is -1.44. The molecule has 112 valence electrons. The standard InChI is InChI=1S/C14H14BrFN2O2S/c1-9(10-3-2-4-11(15)7-10)18-21(19,20)12-5-6-13(16)14(17)8-12/h2-9,18H,17H2,1H3. The fourth-order valence-corrected chi connectivity index (χ4v) is 3.52. The normalized spacial score (nSPS) is 13.1. The Labute approximate surface area is 131 Å². The summed E-state index contributed by atoms with van der Waals surface area (Å²) in [4.78, 5) is -0.0664. The maximum Gasteiger partial charge on any atom is 0.241 e. The molecule has 3 N–H and O–H groups in total. The number of rotatable bonds is 4. The van der Waals surface area contributed by atoms with Crippen LogP contribution in [0.15, 0.2) is 51.8 Å². The van der Waals surface area contributed by atoms with Crippen molar-refractivity contribution in [2.24, 2.45) is 0 Å². The van der Waals surface area contributed by atoms with Gasteiger partial charge in [-0.3, -0.25) is 0 Å². The number of hydrogen-bond donors (Lipinski definition) is 2. The smallest absolute Gasteiger partial charge is 0.241 e. The van der Waals surface area contributed by atoms with Crippen molar-refractivity contribution in [3.63, 3.8) is 0 Å². The van der Waals surface area contributed by atoms with Gasteiger partial charge >= 0.3 is 0 Å². The molecule has 0 saturated heterocycles. The van der Waals surface area contributed by atoms with E-state index in [0.29, 0.717) is 0 Å². The first-order valence-corrected chi connectivity index (χ1v) is 8.40. The van der Waals surface area contributed by atoms with E-state index in [1.54, 1.807) is 6.92 Å². The molecule has 0 radical (unpaired) electrons. The predicted molar refractivity (Wildman–Crippen MR) is 83.7 cm³/mol. The van der Waals surface area contributed by atoms with Crippen LogP contribution in [0.25, 0.3) is 0 Å². The highest BCUT2D eigenvalue weighted by Gasteiger charge is 2.19. The SMILES string of the molecule is CC(NS(=O)(=O)c1ccc(F)c(N)c1)c1cccc(Br)c1. The molecule has 0 aliphatic carbocycles. The monoisotopic (exact) mass is 372 g/mol. The lowest BCUT2D eigenvalue weighted by atomic mass is 10.1. The molecule has 7 heteroatoms. The van der Waals surface area contributed by atoms with Gasteiger partial charge in [0.05, 0.1) is 10.6 Å². The molecule has 0 amide bonds. The Morgan fingerprint density at radius 1 is 1.24 bits per heavy atom. The van der Waals surface area contributed by atoms with Gasteiger partial charge in [-0.1, -0.05) is 28.1 Å². The largest absolute Gasteiger partial charge is 0.396 e. The maximum absolute atomic E-state index is 13.1. The summed E-state index contributed by atoms with van der Waals surface area (Å²) in [6, 6.07) is 10.2. The van der Waals surface area contributed by atoms with Gasteiger partial charge in [0.1, 0.15) is 5.82 Å². The minimum absolute atomic E-state index is 0.0664. The van der Waals surface area contributed by atoms with Gasteiger partial charge in [0.15, 0.2) is 0 Å². The number of nitrogens with two attached hydrogens (primary N) is 1. The molecule has 2 aromatic carbocycles. The zero-order valence-corrected chi connectivity index (χ0v) is 13.6. The fourth-order valence-electron chi connectivity index (χ4n) is 1.83. The zero-order chi connectivity index (χ0) is 15.6. The number of hydrogen-bond acceptors (Lipinski definition) is 3. The number of sulfonamides is 1. The Morgan fingerprint density at radius 2 is 1.95 bits per heavy atom. The van der Waals surface area contributed by atoms with Gasteiger partial charge in [-0.05, 0) is 42.8 Å². The molecule has 21 heavy (non-hydrogen) atoms. The van der Waals surface area contributed by atoms with Crippen LogP contribution in [0.3, 0.4) is 0 Å². The zero-order valence-electron chi connectivity index (χ0n) is 11.2. The highest BCUT2D eigenvalue weighted by molar-refractivity contribution is 9.10. The van der Waals surface area contributed by atoms with E-state index in [2.05, 4.69) is 20.7 Å². The summed E-state index contributed by atoms with van der Waals surface area (Å²) in [6.07, 6.45) is 0. The molecule has 0 saturated carbocycles. The van der Waals surface area contributed by atoms with Gasteiger partial charge in [-0.2, -0.15) is 0 Å². The van der Waals surface area contributed by atoms with E-state index in [0.717, 1.165) is 22.2 Å². The van der Waals surface area contributed by atoms with Gasteiger partial charge in [0.2, 0.25) is 10.0 Å². The summed E-state index contributed by atoms with van der Waals surface area (Å²) in [5, 5.41) is 0. The fraction of sp³-hybridized carbons (Fsp3) is 0.143. The molecular weight excluding hydrogens is 359 g/mol. The first-order chi connectivity index (χ1) is 9.79. The minimum Gasteiger partial charge on any atom is -0.396 e. The molecule has 2 rings (SSSR count).